The summed E-state index contributed by atoms with van der Waals surface area (Å²) in [5, 5.41) is 14.3. The van der Waals surface area contributed by atoms with Crippen molar-refractivity contribution in [3.8, 4) is 17.1 Å². The summed E-state index contributed by atoms with van der Waals surface area (Å²) in [6.45, 7) is 2.06. The lowest BCUT2D eigenvalue weighted by atomic mass is 10.1. The summed E-state index contributed by atoms with van der Waals surface area (Å²) in [5.74, 6) is 1.82. The molecule has 150 valence electrons. The molecule has 7 heteroatoms. The Balaban J connectivity index is 2.11. The summed E-state index contributed by atoms with van der Waals surface area (Å²) in [7, 11) is 3.51. The summed E-state index contributed by atoms with van der Waals surface area (Å²) >= 11 is 6.28. The molecule has 0 spiro atoms. The molecule has 0 saturated carbocycles. The average Bonchev–Trinajstić information content (AvgIpc) is 2.74. The van der Waals surface area contributed by atoms with Gasteiger partial charge in [-0.3, -0.25) is 0 Å². The molecule has 0 aliphatic rings. The molecule has 4 N–H and O–H groups in total. The predicted octanol–water partition coefficient (Wildman–Crippen LogP) is 4.54. The second kappa shape index (κ2) is 9.49. The first kappa shape index (κ1) is 20.8. The second-order valence-electron chi connectivity index (χ2n) is 6.52. The van der Waals surface area contributed by atoms with Crippen LogP contribution in [-0.2, 0) is 0 Å². The Hall–Kier alpha value is -2.96. The molecule has 3 rings (SSSR count). The van der Waals surface area contributed by atoms with Gasteiger partial charge in [-0.05, 0) is 24.6 Å². The van der Waals surface area contributed by atoms with E-state index in [1.807, 2.05) is 48.8 Å². The zero-order valence-electron chi connectivity index (χ0n) is 16.8. The van der Waals surface area contributed by atoms with Gasteiger partial charge >= 0.3 is 0 Å². The highest BCUT2D eigenvalue weighted by Crippen LogP contribution is 2.31. The molecule has 0 aliphatic heterocycles. The van der Waals surface area contributed by atoms with Crippen LogP contribution in [0.4, 0.5) is 17.2 Å². The van der Waals surface area contributed by atoms with E-state index in [1.165, 1.54) is 0 Å². The van der Waals surface area contributed by atoms with E-state index in [2.05, 4.69) is 12.2 Å². The Morgan fingerprint density at radius 1 is 1.17 bits per heavy atom. The molecule has 1 aromatic heterocycles. The average molecular weight is 411 g/mol. The van der Waals surface area contributed by atoms with Gasteiger partial charge in [0.2, 0.25) is 5.69 Å². The van der Waals surface area contributed by atoms with Gasteiger partial charge in [0.15, 0.2) is 17.3 Å². The third kappa shape index (κ3) is 4.72. The van der Waals surface area contributed by atoms with Gasteiger partial charge in [0, 0.05) is 11.3 Å². The fourth-order valence-corrected chi connectivity index (χ4v) is 3.29. The number of nitrogens with zero attached hydrogens (tertiary/aromatic N) is 2. The largest absolute Gasteiger partial charge is 0.495 e. The van der Waals surface area contributed by atoms with E-state index in [0.29, 0.717) is 40.2 Å². The number of hydrogen-bond acceptors (Lipinski definition) is 5. The number of halogens is 1. The van der Waals surface area contributed by atoms with Crippen LogP contribution in [-0.4, -0.2) is 29.8 Å². The van der Waals surface area contributed by atoms with Gasteiger partial charge in [-0.25, -0.2) is 9.97 Å². The maximum atomic E-state index is 8.52. The first-order chi connectivity index (χ1) is 14.1. The number of benzene rings is 2. The van der Waals surface area contributed by atoms with E-state index < -0.39 is 0 Å². The monoisotopic (exact) mass is 410 g/mol. The fourth-order valence-electron chi connectivity index (χ4n) is 3.03. The highest BCUT2D eigenvalue weighted by atomic mass is 35.5. The van der Waals surface area contributed by atoms with Crippen molar-refractivity contribution in [1.29, 1.82) is 5.41 Å². The summed E-state index contributed by atoms with van der Waals surface area (Å²) < 4.78 is 5.23. The Kier molecular flexibility index (Phi) is 6.80. The summed E-state index contributed by atoms with van der Waals surface area (Å²) in [6, 6.07) is 15.3. The van der Waals surface area contributed by atoms with E-state index in [1.54, 1.807) is 19.2 Å². The molecule has 0 bridgehead atoms. The van der Waals surface area contributed by atoms with Gasteiger partial charge in [0.25, 0.3) is 0 Å². The van der Waals surface area contributed by atoms with Crippen molar-refractivity contribution < 1.29 is 10.1 Å². The first-order valence-electron chi connectivity index (χ1n) is 9.52. The van der Waals surface area contributed by atoms with Gasteiger partial charge in [-0.1, -0.05) is 55.3 Å². The molecule has 29 heavy (non-hydrogen) atoms. The molecule has 2 aromatic carbocycles. The van der Waals surface area contributed by atoms with Crippen LogP contribution in [0.1, 0.15) is 25.5 Å². The van der Waals surface area contributed by atoms with Gasteiger partial charge in [0.1, 0.15) is 5.75 Å². The van der Waals surface area contributed by atoms with Crippen LogP contribution in [0.2, 0.25) is 5.02 Å². The van der Waals surface area contributed by atoms with Crippen molar-refractivity contribution in [3.63, 3.8) is 0 Å². The number of aromatic nitrogens is 2. The molecule has 0 unspecified atom stereocenters. The highest BCUT2D eigenvalue weighted by molar-refractivity contribution is 6.32. The molecular weight excluding hydrogens is 386 g/mol. The molecule has 6 nitrogen and oxygen atoms in total. The molecule has 0 radical (unpaired) electrons. The molecule has 0 aliphatic carbocycles. The van der Waals surface area contributed by atoms with Crippen molar-refractivity contribution in [2.75, 3.05) is 19.5 Å². The molecule has 1 heterocycles. The Morgan fingerprint density at radius 3 is 2.55 bits per heavy atom. The number of rotatable bonds is 8. The minimum absolute atomic E-state index is 0.496. The Labute approximate surface area is 175 Å². The SMILES string of the molecule is CCCC(=N)c1nc(-c2ccccc2)nc(Nc2ccc(OC)c(Cl)c2)c1[NH2+]C. The molecular formula is C22H25ClN5O+. The minimum Gasteiger partial charge on any atom is -0.495 e. The van der Waals surface area contributed by atoms with Crippen LogP contribution in [0, 0.1) is 5.41 Å². The van der Waals surface area contributed by atoms with Crippen LogP contribution >= 0.6 is 11.6 Å². The molecule has 0 amide bonds. The summed E-state index contributed by atoms with van der Waals surface area (Å²) in [4.78, 5) is 9.49. The van der Waals surface area contributed by atoms with Crippen LogP contribution in [0.5, 0.6) is 5.75 Å². The smallest absolute Gasteiger partial charge is 0.200 e. The fraction of sp³-hybridized carbons (Fsp3) is 0.227. The number of anilines is 2. The second-order valence-corrected chi connectivity index (χ2v) is 6.92. The lowest BCUT2D eigenvalue weighted by Gasteiger charge is -2.14. The maximum absolute atomic E-state index is 8.52. The lowest BCUT2D eigenvalue weighted by molar-refractivity contribution is -0.539. The van der Waals surface area contributed by atoms with E-state index in [0.717, 1.165) is 23.4 Å². The van der Waals surface area contributed by atoms with Crippen molar-refractivity contribution in [1.82, 2.24) is 9.97 Å². The minimum atomic E-state index is 0.496. The Morgan fingerprint density at radius 2 is 1.93 bits per heavy atom. The molecule has 0 saturated heterocycles. The third-order valence-electron chi connectivity index (χ3n) is 4.47. The zero-order chi connectivity index (χ0) is 20.8. The van der Waals surface area contributed by atoms with Crippen molar-refractivity contribution in [2.45, 2.75) is 19.8 Å². The van der Waals surface area contributed by atoms with Gasteiger partial charge < -0.3 is 20.8 Å². The number of methoxy groups -OCH3 is 1. The Bertz CT molecular complexity index is 1010. The molecule has 0 atom stereocenters. The number of ether oxygens (including phenoxy) is 1. The zero-order valence-corrected chi connectivity index (χ0v) is 17.5. The maximum Gasteiger partial charge on any atom is 0.200 e. The van der Waals surface area contributed by atoms with Crippen molar-refractivity contribution in [3.05, 3.63) is 59.2 Å². The van der Waals surface area contributed by atoms with E-state index >= 15 is 0 Å². The summed E-state index contributed by atoms with van der Waals surface area (Å²) in [6.07, 6.45) is 1.53. The summed E-state index contributed by atoms with van der Waals surface area (Å²) in [5.41, 5.74) is 3.62. The van der Waals surface area contributed by atoms with E-state index in [4.69, 9.17) is 31.7 Å². The third-order valence-corrected chi connectivity index (χ3v) is 4.76. The van der Waals surface area contributed by atoms with Crippen molar-refractivity contribution in [2.24, 2.45) is 0 Å². The highest BCUT2D eigenvalue weighted by Gasteiger charge is 2.21. The van der Waals surface area contributed by atoms with Gasteiger partial charge in [-0.15, -0.1) is 0 Å². The predicted molar refractivity (Wildman–Crippen MR) is 118 cm³/mol. The van der Waals surface area contributed by atoms with Crippen LogP contribution in [0.15, 0.2) is 48.5 Å². The number of quaternary nitrogens is 1. The number of hydrogen-bond donors (Lipinski definition) is 3. The quantitative estimate of drug-likeness (QED) is 0.475. The van der Waals surface area contributed by atoms with E-state index in [9.17, 15) is 0 Å². The van der Waals surface area contributed by atoms with Crippen LogP contribution < -0.4 is 15.4 Å². The number of nitrogens with one attached hydrogen (secondary N) is 2. The van der Waals surface area contributed by atoms with Gasteiger partial charge in [-0.2, -0.15) is 0 Å². The standard InChI is InChI=1S/C22H24ClN5O/c1-4-8-17(24)19-20(25-2)22(26-15-11-12-18(29-3)16(23)13-15)28-21(27-19)14-9-6-5-7-10-14/h5-7,9-13,24-25H,4,8H2,1-3H3,(H,26,27,28)/p+1. The van der Waals surface area contributed by atoms with Crippen LogP contribution in [0.25, 0.3) is 11.4 Å². The topological polar surface area (TPSA) is 87.5 Å². The van der Waals surface area contributed by atoms with Crippen LogP contribution in [0.3, 0.4) is 0 Å². The lowest BCUT2D eigenvalue weighted by Crippen LogP contribution is -2.73. The molecule has 3 aromatic rings. The van der Waals surface area contributed by atoms with Crippen molar-refractivity contribution >= 4 is 34.5 Å². The normalized spacial score (nSPS) is 10.6. The van der Waals surface area contributed by atoms with E-state index in [-0.39, 0.29) is 0 Å². The van der Waals surface area contributed by atoms with Gasteiger partial charge in [0.05, 0.1) is 24.9 Å². The number of nitrogens with two attached hydrogens (primary N) is 1. The molecule has 0 fully saturated rings. The first-order valence-corrected chi connectivity index (χ1v) is 9.90.